The van der Waals surface area contributed by atoms with Crippen molar-refractivity contribution < 1.29 is 18.0 Å². The molecule has 5 nitrogen and oxygen atoms in total. The molecule has 1 amide bonds. The van der Waals surface area contributed by atoms with Crippen LogP contribution in [0.2, 0.25) is 0 Å². The Bertz CT molecular complexity index is 761. The molecule has 0 saturated heterocycles. The molecule has 3 rings (SSSR count). The summed E-state index contributed by atoms with van der Waals surface area (Å²) in [6.45, 7) is 0. The number of halogens is 5. The molecule has 1 unspecified atom stereocenters. The summed E-state index contributed by atoms with van der Waals surface area (Å²) >= 11 is 12.2. The Kier molecular flexibility index (Phi) is 5.86. The molecule has 1 aromatic carbocycles. The highest BCUT2D eigenvalue weighted by Gasteiger charge is 2.46. The lowest BCUT2D eigenvalue weighted by Crippen LogP contribution is -2.46. The van der Waals surface area contributed by atoms with E-state index in [-0.39, 0.29) is 6.04 Å². The molecule has 1 atom stereocenters. The number of carbonyl (C=O) groups excluding carboxylic acids is 1. The summed E-state index contributed by atoms with van der Waals surface area (Å²) < 4.78 is 40.4. The molecule has 146 valence electrons. The molecule has 1 aliphatic heterocycles. The first kappa shape index (κ1) is 19.8. The van der Waals surface area contributed by atoms with Crippen LogP contribution in [0.25, 0.3) is 0 Å². The summed E-state index contributed by atoms with van der Waals surface area (Å²) in [7, 11) is 0. The zero-order chi connectivity index (χ0) is 19.6. The normalized spacial score (nSPS) is 21.3. The van der Waals surface area contributed by atoms with Crippen LogP contribution in [0.5, 0.6) is 0 Å². The van der Waals surface area contributed by atoms with Crippen molar-refractivity contribution in [2.24, 2.45) is 4.99 Å². The third-order valence-electron chi connectivity index (χ3n) is 4.31. The number of aliphatic imine (C=N–C) groups is 1. The lowest BCUT2D eigenvalue weighted by molar-refractivity contribution is -0.118. The van der Waals surface area contributed by atoms with Gasteiger partial charge < -0.3 is 5.32 Å². The van der Waals surface area contributed by atoms with Gasteiger partial charge >= 0.3 is 6.18 Å². The average molecular weight is 421 g/mol. The fourth-order valence-corrected chi connectivity index (χ4v) is 3.64. The van der Waals surface area contributed by atoms with Crippen LogP contribution in [0, 0.1) is 0 Å². The molecule has 1 saturated carbocycles. The number of nitrogens with one attached hydrogen (secondary N) is 2. The number of amides is 1. The fourth-order valence-electron chi connectivity index (χ4n) is 3.04. The van der Waals surface area contributed by atoms with E-state index in [9.17, 15) is 18.0 Å². The Morgan fingerprint density at radius 3 is 2.41 bits per heavy atom. The van der Waals surface area contributed by atoms with Crippen molar-refractivity contribution in [1.29, 1.82) is 0 Å². The standard InChI is InChI=1S/C17H17Cl2F3N4O/c18-14-12(15(27)23-10-6-4-5-7-10)13(17(20,21)22)24-16(19)26(14)25-11-8-2-1-3-9-11/h1-3,8-10,16,25H,4-7H2,(H,23,27). The molecule has 1 aliphatic carbocycles. The number of hydrogen-bond donors (Lipinski definition) is 2. The van der Waals surface area contributed by atoms with Gasteiger partial charge in [-0.3, -0.25) is 10.2 Å². The van der Waals surface area contributed by atoms with Crippen LogP contribution in [0.15, 0.2) is 46.1 Å². The Morgan fingerprint density at radius 1 is 1.19 bits per heavy atom. The zero-order valence-electron chi connectivity index (χ0n) is 14.1. The molecule has 0 bridgehead atoms. The van der Waals surface area contributed by atoms with Crippen LogP contribution >= 0.6 is 23.2 Å². The lowest BCUT2D eigenvalue weighted by Gasteiger charge is -2.33. The third-order valence-corrected chi connectivity index (χ3v) is 4.98. The van der Waals surface area contributed by atoms with Gasteiger partial charge in [0.2, 0.25) is 5.62 Å². The molecule has 2 aliphatic rings. The molecule has 27 heavy (non-hydrogen) atoms. The van der Waals surface area contributed by atoms with Gasteiger partial charge in [-0.15, -0.1) is 0 Å². The first-order chi connectivity index (χ1) is 12.8. The summed E-state index contributed by atoms with van der Waals surface area (Å²) in [5.74, 6) is -0.911. The summed E-state index contributed by atoms with van der Waals surface area (Å²) in [5, 5.41) is 3.18. The van der Waals surface area contributed by atoms with E-state index in [1.54, 1.807) is 30.3 Å². The molecule has 1 heterocycles. The van der Waals surface area contributed by atoms with Crippen molar-refractivity contribution >= 4 is 40.5 Å². The van der Waals surface area contributed by atoms with E-state index in [0.29, 0.717) is 5.69 Å². The monoisotopic (exact) mass is 420 g/mol. The second kappa shape index (κ2) is 7.98. The molecule has 0 radical (unpaired) electrons. The van der Waals surface area contributed by atoms with Gasteiger partial charge in [0.25, 0.3) is 5.91 Å². The minimum absolute atomic E-state index is 0.173. The quantitative estimate of drug-likeness (QED) is 0.561. The van der Waals surface area contributed by atoms with Gasteiger partial charge in [0.05, 0.1) is 5.69 Å². The molecular formula is C17H17Cl2F3N4O. The maximum Gasteiger partial charge on any atom is 0.433 e. The number of nitrogens with zero attached hydrogens (tertiary/aromatic N) is 2. The third kappa shape index (κ3) is 4.50. The number of carbonyl (C=O) groups is 1. The molecule has 0 aromatic heterocycles. The molecule has 2 N–H and O–H groups in total. The van der Waals surface area contributed by atoms with E-state index in [4.69, 9.17) is 23.2 Å². The van der Waals surface area contributed by atoms with Gasteiger partial charge in [-0.25, -0.2) is 10.0 Å². The predicted molar refractivity (Wildman–Crippen MR) is 98.3 cm³/mol. The van der Waals surface area contributed by atoms with Gasteiger partial charge in [-0.05, 0) is 25.0 Å². The van der Waals surface area contributed by atoms with Crippen LogP contribution in [-0.2, 0) is 4.79 Å². The second-order valence-electron chi connectivity index (χ2n) is 6.25. The first-order valence-electron chi connectivity index (χ1n) is 8.38. The highest BCUT2D eigenvalue weighted by molar-refractivity contribution is 6.39. The first-order valence-corrected chi connectivity index (χ1v) is 9.20. The highest BCUT2D eigenvalue weighted by Crippen LogP contribution is 2.34. The Hall–Kier alpha value is -1.93. The highest BCUT2D eigenvalue weighted by atomic mass is 35.5. The maximum absolute atomic E-state index is 13.5. The van der Waals surface area contributed by atoms with Crippen LogP contribution < -0.4 is 10.7 Å². The summed E-state index contributed by atoms with van der Waals surface area (Å²) in [5.41, 5.74) is -0.276. The van der Waals surface area contributed by atoms with Crippen molar-refractivity contribution in [2.75, 3.05) is 5.43 Å². The Balaban J connectivity index is 1.93. The van der Waals surface area contributed by atoms with Gasteiger partial charge in [-0.1, -0.05) is 54.2 Å². The van der Waals surface area contributed by atoms with E-state index >= 15 is 0 Å². The number of anilines is 1. The van der Waals surface area contributed by atoms with Gasteiger partial charge in [0.1, 0.15) is 10.7 Å². The Morgan fingerprint density at radius 2 is 1.81 bits per heavy atom. The number of hydrazine groups is 1. The fraction of sp³-hybridized carbons (Fsp3) is 0.412. The van der Waals surface area contributed by atoms with Crippen LogP contribution in [0.3, 0.4) is 0 Å². The summed E-state index contributed by atoms with van der Waals surface area (Å²) in [6, 6.07) is 8.41. The van der Waals surface area contributed by atoms with Gasteiger partial charge in [-0.2, -0.15) is 13.2 Å². The maximum atomic E-state index is 13.5. The number of rotatable bonds is 4. The summed E-state index contributed by atoms with van der Waals surface area (Å²) in [6.07, 6.45) is -1.58. The van der Waals surface area contributed by atoms with Crippen molar-refractivity contribution in [3.8, 4) is 0 Å². The minimum atomic E-state index is -4.87. The smallest absolute Gasteiger partial charge is 0.349 e. The minimum Gasteiger partial charge on any atom is -0.349 e. The van der Waals surface area contributed by atoms with E-state index in [2.05, 4.69) is 15.7 Å². The van der Waals surface area contributed by atoms with Crippen LogP contribution in [-0.4, -0.2) is 34.5 Å². The van der Waals surface area contributed by atoms with Crippen LogP contribution in [0.1, 0.15) is 25.7 Å². The largest absolute Gasteiger partial charge is 0.433 e. The number of hydrogen-bond acceptors (Lipinski definition) is 4. The number of para-hydroxylation sites is 1. The van der Waals surface area contributed by atoms with Crippen molar-refractivity contribution in [1.82, 2.24) is 10.3 Å². The van der Waals surface area contributed by atoms with Crippen molar-refractivity contribution in [3.63, 3.8) is 0 Å². The van der Waals surface area contributed by atoms with E-state index in [1.807, 2.05) is 0 Å². The van der Waals surface area contributed by atoms with E-state index in [1.165, 1.54) is 0 Å². The molecule has 0 spiro atoms. The van der Waals surface area contributed by atoms with Crippen molar-refractivity contribution in [3.05, 3.63) is 41.1 Å². The van der Waals surface area contributed by atoms with Crippen LogP contribution in [0.4, 0.5) is 18.9 Å². The van der Waals surface area contributed by atoms with E-state index < -0.39 is 34.1 Å². The van der Waals surface area contributed by atoms with Crippen molar-refractivity contribution in [2.45, 2.75) is 43.5 Å². The van der Waals surface area contributed by atoms with E-state index in [0.717, 1.165) is 30.7 Å². The zero-order valence-corrected chi connectivity index (χ0v) is 15.6. The Labute approximate surface area is 164 Å². The number of alkyl halides is 4. The summed E-state index contributed by atoms with van der Waals surface area (Å²) in [4.78, 5) is 16.1. The molecule has 10 heteroatoms. The molecular weight excluding hydrogens is 404 g/mol. The SMILES string of the molecule is O=C(NC1CCCC1)C1=C(Cl)N(Nc2ccccc2)C(Cl)N=C1C(F)(F)F. The molecule has 1 aromatic rings. The predicted octanol–water partition coefficient (Wildman–Crippen LogP) is 4.36. The molecule has 1 fully saturated rings. The number of benzene rings is 1. The lowest BCUT2D eigenvalue weighted by atomic mass is 10.1. The average Bonchev–Trinajstić information content (AvgIpc) is 3.11. The second-order valence-corrected chi connectivity index (χ2v) is 7.00. The van der Waals surface area contributed by atoms with Gasteiger partial charge in [0, 0.05) is 6.04 Å². The van der Waals surface area contributed by atoms with Gasteiger partial charge in [0.15, 0.2) is 5.71 Å². The topological polar surface area (TPSA) is 56.7 Å².